The summed E-state index contributed by atoms with van der Waals surface area (Å²) in [5.41, 5.74) is 0.973. The predicted molar refractivity (Wildman–Crippen MR) is 73.7 cm³/mol. The molecule has 0 aliphatic rings. The minimum Gasteiger partial charge on any atom is -0.435 e. The molecule has 4 nitrogen and oxygen atoms in total. The van der Waals surface area contributed by atoms with Crippen LogP contribution < -0.4 is 4.74 Å². The largest absolute Gasteiger partial charge is 0.435 e. The van der Waals surface area contributed by atoms with Crippen molar-refractivity contribution in [2.45, 2.75) is 32.9 Å². The summed E-state index contributed by atoms with van der Waals surface area (Å²) in [5, 5.41) is 4.29. The standard InChI is InChI=1S/C15H16F2N2O2/c1-10(2)19-7-6-12(18-19)9-14(20)11-4-3-5-13(8-11)21-15(16)17/h3-8,10,15H,9H2,1-2H3. The number of halogens is 2. The second-order valence-corrected chi connectivity index (χ2v) is 4.89. The van der Waals surface area contributed by atoms with Gasteiger partial charge in [-0.1, -0.05) is 12.1 Å². The lowest BCUT2D eigenvalue weighted by molar-refractivity contribution is -0.0498. The highest BCUT2D eigenvalue weighted by atomic mass is 19.3. The number of carbonyl (C=O) groups is 1. The van der Waals surface area contributed by atoms with Gasteiger partial charge in [-0.05, 0) is 32.0 Å². The molecule has 0 amide bonds. The van der Waals surface area contributed by atoms with Crippen LogP contribution >= 0.6 is 0 Å². The van der Waals surface area contributed by atoms with Gasteiger partial charge < -0.3 is 4.74 Å². The molecule has 6 heteroatoms. The maximum absolute atomic E-state index is 12.2. The number of ketones is 1. The third kappa shape index (κ3) is 4.11. The van der Waals surface area contributed by atoms with E-state index in [4.69, 9.17) is 0 Å². The molecule has 0 bridgehead atoms. The van der Waals surface area contributed by atoms with E-state index in [9.17, 15) is 13.6 Å². The number of aromatic nitrogens is 2. The fourth-order valence-electron chi connectivity index (χ4n) is 1.87. The SMILES string of the molecule is CC(C)n1ccc(CC(=O)c2cccc(OC(F)F)c2)n1. The lowest BCUT2D eigenvalue weighted by Gasteiger charge is -2.06. The molecule has 2 rings (SSSR count). The molecule has 0 fully saturated rings. The van der Waals surface area contributed by atoms with Crippen molar-refractivity contribution in [1.29, 1.82) is 0 Å². The molecule has 0 atom stereocenters. The summed E-state index contributed by atoms with van der Waals surface area (Å²) in [6.45, 7) is 1.07. The molecular formula is C15H16F2N2O2. The summed E-state index contributed by atoms with van der Waals surface area (Å²) in [6, 6.07) is 7.77. The van der Waals surface area contributed by atoms with Crippen LogP contribution in [0.3, 0.4) is 0 Å². The van der Waals surface area contributed by atoms with E-state index < -0.39 is 6.61 Å². The van der Waals surface area contributed by atoms with Gasteiger partial charge in [-0.3, -0.25) is 9.48 Å². The Balaban J connectivity index is 2.08. The number of hydrogen-bond donors (Lipinski definition) is 0. The topological polar surface area (TPSA) is 44.1 Å². The van der Waals surface area contributed by atoms with E-state index in [0.717, 1.165) is 0 Å². The first-order chi connectivity index (χ1) is 9.95. The first-order valence-corrected chi connectivity index (χ1v) is 6.58. The molecule has 21 heavy (non-hydrogen) atoms. The quantitative estimate of drug-likeness (QED) is 0.766. The second kappa shape index (κ2) is 6.47. The predicted octanol–water partition coefficient (Wildman–Crippen LogP) is 3.49. The summed E-state index contributed by atoms with van der Waals surface area (Å²) in [6.07, 6.45) is 1.93. The van der Waals surface area contributed by atoms with Crippen LogP contribution in [0.2, 0.25) is 0 Å². The first kappa shape index (κ1) is 15.2. The normalized spacial score (nSPS) is 11.1. The molecule has 0 radical (unpaired) electrons. The fraction of sp³-hybridized carbons (Fsp3) is 0.333. The smallest absolute Gasteiger partial charge is 0.387 e. The second-order valence-electron chi connectivity index (χ2n) is 4.89. The Hall–Kier alpha value is -2.24. The molecule has 1 aromatic heterocycles. The molecule has 0 spiro atoms. The fourth-order valence-corrected chi connectivity index (χ4v) is 1.87. The lowest BCUT2D eigenvalue weighted by Crippen LogP contribution is -2.07. The number of Topliss-reactive ketones (excluding diaryl/α,β-unsaturated/α-hetero) is 1. The van der Waals surface area contributed by atoms with E-state index in [1.54, 1.807) is 16.8 Å². The van der Waals surface area contributed by atoms with E-state index in [-0.39, 0.29) is 24.0 Å². The van der Waals surface area contributed by atoms with Gasteiger partial charge in [-0.15, -0.1) is 0 Å². The number of hydrogen-bond acceptors (Lipinski definition) is 3. The molecule has 112 valence electrons. The van der Waals surface area contributed by atoms with E-state index in [1.807, 2.05) is 20.0 Å². The molecule has 1 aromatic carbocycles. The third-order valence-electron chi connectivity index (χ3n) is 2.92. The molecule has 0 saturated heterocycles. The Morgan fingerprint density at radius 1 is 1.33 bits per heavy atom. The van der Waals surface area contributed by atoms with Crippen molar-refractivity contribution in [3.05, 3.63) is 47.8 Å². The third-order valence-corrected chi connectivity index (χ3v) is 2.92. The molecule has 0 unspecified atom stereocenters. The highest BCUT2D eigenvalue weighted by Crippen LogP contribution is 2.17. The van der Waals surface area contributed by atoms with Crippen molar-refractivity contribution in [3.8, 4) is 5.75 Å². The average molecular weight is 294 g/mol. The maximum atomic E-state index is 12.2. The lowest BCUT2D eigenvalue weighted by atomic mass is 10.1. The van der Waals surface area contributed by atoms with Crippen molar-refractivity contribution < 1.29 is 18.3 Å². The minimum absolute atomic E-state index is 0.0245. The van der Waals surface area contributed by atoms with Gasteiger partial charge in [-0.25, -0.2) is 0 Å². The maximum Gasteiger partial charge on any atom is 0.387 e. The molecule has 1 heterocycles. The number of benzene rings is 1. The van der Waals surface area contributed by atoms with Crippen molar-refractivity contribution in [3.63, 3.8) is 0 Å². The van der Waals surface area contributed by atoms with Crippen molar-refractivity contribution in [2.75, 3.05) is 0 Å². The summed E-state index contributed by atoms with van der Waals surface area (Å²) in [4.78, 5) is 12.1. The Kier molecular flexibility index (Phi) is 4.67. The zero-order chi connectivity index (χ0) is 15.4. The molecule has 0 aliphatic carbocycles. The van der Waals surface area contributed by atoms with E-state index >= 15 is 0 Å². The monoisotopic (exact) mass is 294 g/mol. The van der Waals surface area contributed by atoms with Gasteiger partial charge in [0.1, 0.15) is 5.75 Å². The van der Waals surface area contributed by atoms with Crippen LogP contribution in [0.25, 0.3) is 0 Å². The van der Waals surface area contributed by atoms with Crippen molar-refractivity contribution in [1.82, 2.24) is 9.78 Å². The first-order valence-electron chi connectivity index (χ1n) is 6.58. The highest BCUT2D eigenvalue weighted by Gasteiger charge is 2.12. The van der Waals surface area contributed by atoms with Crippen LogP contribution in [0.15, 0.2) is 36.5 Å². The average Bonchev–Trinajstić information content (AvgIpc) is 2.87. The number of alkyl halides is 2. The zero-order valence-electron chi connectivity index (χ0n) is 11.8. The van der Waals surface area contributed by atoms with Gasteiger partial charge in [0.2, 0.25) is 0 Å². The molecule has 0 aliphatic heterocycles. The van der Waals surface area contributed by atoms with E-state index in [0.29, 0.717) is 11.3 Å². The summed E-state index contributed by atoms with van der Waals surface area (Å²) < 4.78 is 30.4. The van der Waals surface area contributed by atoms with Gasteiger partial charge in [0, 0.05) is 17.8 Å². The van der Waals surface area contributed by atoms with Crippen LogP contribution in [0.4, 0.5) is 8.78 Å². The van der Waals surface area contributed by atoms with Gasteiger partial charge >= 0.3 is 6.61 Å². The molecular weight excluding hydrogens is 278 g/mol. The Morgan fingerprint density at radius 2 is 2.10 bits per heavy atom. The number of carbonyl (C=O) groups excluding carboxylic acids is 1. The Morgan fingerprint density at radius 3 is 2.71 bits per heavy atom. The highest BCUT2D eigenvalue weighted by molar-refractivity contribution is 5.97. The number of nitrogens with zero attached hydrogens (tertiary/aromatic N) is 2. The van der Waals surface area contributed by atoms with Gasteiger partial charge in [-0.2, -0.15) is 13.9 Å². The molecule has 2 aromatic rings. The zero-order valence-corrected chi connectivity index (χ0v) is 11.8. The number of rotatable bonds is 6. The van der Waals surface area contributed by atoms with Gasteiger partial charge in [0.05, 0.1) is 12.1 Å². The summed E-state index contributed by atoms with van der Waals surface area (Å²) >= 11 is 0. The summed E-state index contributed by atoms with van der Waals surface area (Å²) in [7, 11) is 0. The van der Waals surface area contributed by atoms with Crippen LogP contribution in [-0.2, 0) is 6.42 Å². The molecule has 0 saturated carbocycles. The van der Waals surface area contributed by atoms with Gasteiger partial charge in [0.15, 0.2) is 5.78 Å². The number of ether oxygens (including phenoxy) is 1. The minimum atomic E-state index is -2.91. The Bertz CT molecular complexity index is 624. The van der Waals surface area contributed by atoms with Gasteiger partial charge in [0.25, 0.3) is 0 Å². The van der Waals surface area contributed by atoms with Crippen LogP contribution in [0.1, 0.15) is 35.9 Å². The molecule has 0 N–H and O–H groups in total. The summed E-state index contributed by atoms with van der Waals surface area (Å²) in [5.74, 6) is -0.215. The van der Waals surface area contributed by atoms with Crippen LogP contribution in [-0.4, -0.2) is 22.2 Å². The van der Waals surface area contributed by atoms with E-state index in [2.05, 4.69) is 9.84 Å². The van der Waals surface area contributed by atoms with Crippen LogP contribution in [0, 0.1) is 0 Å². The van der Waals surface area contributed by atoms with Crippen molar-refractivity contribution >= 4 is 5.78 Å². The van der Waals surface area contributed by atoms with Crippen molar-refractivity contribution in [2.24, 2.45) is 0 Å². The van der Waals surface area contributed by atoms with E-state index in [1.165, 1.54) is 18.2 Å². The Labute approximate surface area is 121 Å². The van der Waals surface area contributed by atoms with Crippen LogP contribution in [0.5, 0.6) is 5.75 Å².